The highest BCUT2D eigenvalue weighted by Crippen LogP contribution is 2.08. The van der Waals surface area contributed by atoms with Gasteiger partial charge >= 0.3 is 0 Å². The Balaban J connectivity index is 0. The lowest BCUT2D eigenvalue weighted by molar-refractivity contribution is -0.125. The van der Waals surface area contributed by atoms with Gasteiger partial charge in [-0.15, -0.1) is 37.2 Å². The molecule has 1 aliphatic rings. The lowest BCUT2D eigenvalue weighted by Crippen LogP contribution is -2.46. The monoisotopic (exact) mass is 455 g/mol. The van der Waals surface area contributed by atoms with Crippen LogP contribution >= 0.6 is 37.2 Å². The van der Waals surface area contributed by atoms with Crippen LogP contribution < -0.4 is 16.4 Å². The molecule has 1 fully saturated rings. The minimum atomic E-state index is -0.316. The van der Waals surface area contributed by atoms with E-state index in [4.69, 9.17) is 5.73 Å². The van der Waals surface area contributed by atoms with Crippen molar-refractivity contribution in [3.05, 3.63) is 35.9 Å². The summed E-state index contributed by atoms with van der Waals surface area (Å²) in [5, 5.41) is 5.27. The fourth-order valence-corrected chi connectivity index (χ4v) is 2.86. The van der Waals surface area contributed by atoms with E-state index in [1.807, 2.05) is 6.07 Å². The van der Waals surface area contributed by atoms with Gasteiger partial charge in [0.25, 0.3) is 0 Å². The molecule has 7 nitrogen and oxygen atoms in total. The highest BCUT2D eigenvalue weighted by Gasteiger charge is 2.16. The number of benzene rings is 1. The maximum absolute atomic E-state index is 11.5. The van der Waals surface area contributed by atoms with Gasteiger partial charge in [0.1, 0.15) is 0 Å². The van der Waals surface area contributed by atoms with Crippen LogP contribution in [0.2, 0.25) is 0 Å². The maximum atomic E-state index is 11.5. The smallest absolute Gasteiger partial charge is 0.239 e. The summed E-state index contributed by atoms with van der Waals surface area (Å²) in [6.45, 7) is 6.80. The zero-order chi connectivity index (χ0) is 17.9. The first-order chi connectivity index (χ1) is 12.2. The topological polar surface area (TPSA) is 90.7 Å². The Kier molecular flexibility index (Phi) is 17.5. The van der Waals surface area contributed by atoms with Crippen molar-refractivity contribution < 1.29 is 9.59 Å². The van der Waals surface area contributed by atoms with Crippen molar-refractivity contribution in [1.82, 2.24) is 20.4 Å². The molecule has 0 unspecified atom stereocenters. The summed E-state index contributed by atoms with van der Waals surface area (Å²) in [5.41, 5.74) is 6.52. The molecule has 1 aromatic carbocycles. The van der Waals surface area contributed by atoms with E-state index in [9.17, 15) is 9.59 Å². The lowest BCUT2D eigenvalue weighted by atomic mass is 10.2. The highest BCUT2D eigenvalue weighted by atomic mass is 35.5. The molecule has 2 rings (SSSR count). The Morgan fingerprint density at radius 2 is 1.50 bits per heavy atom. The normalized spacial score (nSPS) is 14.0. The van der Waals surface area contributed by atoms with E-state index in [2.05, 4.69) is 44.7 Å². The molecule has 28 heavy (non-hydrogen) atoms. The molecule has 162 valence electrons. The largest absolute Gasteiger partial charge is 0.355 e. The summed E-state index contributed by atoms with van der Waals surface area (Å²) in [6.07, 6.45) is 0.912. The van der Waals surface area contributed by atoms with Crippen LogP contribution in [0.15, 0.2) is 30.3 Å². The predicted octanol–water partition coefficient (Wildman–Crippen LogP) is 0.651. The molecule has 10 heteroatoms. The Morgan fingerprint density at radius 1 is 0.893 bits per heavy atom. The Morgan fingerprint density at radius 3 is 2.11 bits per heavy atom. The van der Waals surface area contributed by atoms with E-state index < -0.39 is 0 Å². The third-order valence-electron chi connectivity index (χ3n) is 4.32. The molecule has 1 saturated heterocycles. The third-order valence-corrected chi connectivity index (χ3v) is 4.32. The van der Waals surface area contributed by atoms with Crippen LogP contribution in [-0.4, -0.2) is 74.0 Å². The van der Waals surface area contributed by atoms with E-state index in [-0.39, 0.29) is 62.1 Å². The summed E-state index contributed by atoms with van der Waals surface area (Å²) in [5.74, 6) is -0.488. The van der Waals surface area contributed by atoms with Crippen molar-refractivity contribution in [1.29, 1.82) is 0 Å². The molecule has 0 saturated carbocycles. The predicted molar refractivity (Wildman–Crippen MR) is 120 cm³/mol. The fourth-order valence-electron chi connectivity index (χ4n) is 2.86. The molecule has 1 heterocycles. The maximum Gasteiger partial charge on any atom is 0.239 e. The van der Waals surface area contributed by atoms with E-state index in [0.717, 1.165) is 45.7 Å². The van der Waals surface area contributed by atoms with Crippen molar-refractivity contribution in [2.45, 2.75) is 13.0 Å². The molecule has 1 aromatic rings. The molecule has 1 aliphatic heterocycles. The number of carbonyl (C=O) groups is 2. The Labute approximate surface area is 186 Å². The second-order valence-electron chi connectivity index (χ2n) is 6.29. The Hall–Kier alpha value is -1.09. The number of carbonyl (C=O) groups excluding carboxylic acids is 2. The quantitative estimate of drug-likeness (QED) is 0.475. The molecular formula is C18H32Cl3N5O2. The highest BCUT2D eigenvalue weighted by molar-refractivity contribution is 5.86. The number of nitrogens with zero attached hydrogens (tertiary/aromatic N) is 2. The van der Waals surface area contributed by atoms with Crippen molar-refractivity contribution in [3.8, 4) is 0 Å². The second-order valence-corrected chi connectivity index (χ2v) is 6.29. The van der Waals surface area contributed by atoms with Gasteiger partial charge in [0.2, 0.25) is 11.8 Å². The number of hydrogen-bond donors (Lipinski definition) is 3. The molecule has 0 aromatic heterocycles. The van der Waals surface area contributed by atoms with Gasteiger partial charge < -0.3 is 21.3 Å². The molecule has 0 aliphatic carbocycles. The van der Waals surface area contributed by atoms with Crippen LogP contribution in [-0.2, 0) is 16.1 Å². The molecule has 0 bridgehead atoms. The third kappa shape index (κ3) is 11.7. The van der Waals surface area contributed by atoms with Gasteiger partial charge in [-0.05, 0) is 18.5 Å². The first-order valence-corrected chi connectivity index (χ1v) is 8.89. The van der Waals surface area contributed by atoms with Crippen LogP contribution in [0.1, 0.15) is 12.0 Å². The van der Waals surface area contributed by atoms with Gasteiger partial charge in [-0.1, -0.05) is 30.3 Å². The van der Waals surface area contributed by atoms with Crippen molar-refractivity contribution in [3.63, 3.8) is 0 Å². The molecule has 2 amide bonds. The summed E-state index contributed by atoms with van der Waals surface area (Å²) in [6, 6.07) is 10.6. The van der Waals surface area contributed by atoms with Crippen molar-refractivity contribution in [2.24, 2.45) is 5.73 Å². The number of nitrogens with two attached hydrogens (primary N) is 1. The number of rotatable bonds is 9. The standard InChI is InChI=1S/C18H29N5O2.3ClH/c19-13-17(24)21-14-18(25)20-7-4-8-22-9-11-23(12-10-22)15-16-5-2-1-3-6-16;;;/h1-3,5-6H,4,7-15,19H2,(H,20,25)(H,21,24);3*1H. The van der Waals surface area contributed by atoms with Gasteiger partial charge in [-0.3, -0.25) is 14.5 Å². The first kappa shape index (κ1) is 29.1. The zero-order valence-corrected chi connectivity index (χ0v) is 18.4. The summed E-state index contributed by atoms with van der Waals surface area (Å²) in [4.78, 5) is 27.4. The molecule has 4 N–H and O–H groups in total. The van der Waals surface area contributed by atoms with Crippen LogP contribution in [0.4, 0.5) is 0 Å². The van der Waals surface area contributed by atoms with Crippen molar-refractivity contribution in [2.75, 3.05) is 52.4 Å². The number of halogens is 3. The van der Waals surface area contributed by atoms with E-state index in [1.54, 1.807) is 0 Å². The molecular weight excluding hydrogens is 425 g/mol. The molecule has 0 atom stereocenters. The lowest BCUT2D eigenvalue weighted by Gasteiger charge is -2.34. The Bertz CT molecular complexity index is 543. The van der Waals surface area contributed by atoms with E-state index in [1.165, 1.54) is 5.56 Å². The van der Waals surface area contributed by atoms with Gasteiger partial charge in [0, 0.05) is 39.3 Å². The van der Waals surface area contributed by atoms with E-state index >= 15 is 0 Å². The zero-order valence-electron chi connectivity index (χ0n) is 16.0. The first-order valence-electron chi connectivity index (χ1n) is 8.89. The summed E-state index contributed by atoms with van der Waals surface area (Å²) < 4.78 is 0. The minimum Gasteiger partial charge on any atom is -0.355 e. The van der Waals surface area contributed by atoms with Crippen LogP contribution in [0.3, 0.4) is 0 Å². The second kappa shape index (κ2) is 16.8. The number of piperazine rings is 1. The van der Waals surface area contributed by atoms with Gasteiger partial charge in [-0.25, -0.2) is 0 Å². The number of nitrogens with one attached hydrogen (secondary N) is 2. The minimum absolute atomic E-state index is 0. The van der Waals surface area contributed by atoms with E-state index in [0.29, 0.717) is 6.54 Å². The summed E-state index contributed by atoms with van der Waals surface area (Å²) in [7, 11) is 0. The fraction of sp³-hybridized carbons (Fsp3) is 0.556. The number of hydrogen-bond acceptors (Lipinski definition) is 5. The molecule has 0 radical (unpaired) electrons. The van der Waals surface area contributed by atoms with Gasteiger partial charge in [-0.2, -0.15) is 0 Å². The summed E-state index contributed by atoms with van der Waals surface area (Å²) >= 11 is 0. The van der Waals surface area contributed by atoms with Gasteiger partial charge in [0.15, 0.2) is 0 Å². The SMILES string of the molecule is Cl.Cl.Cl.NCC(=O)NCC(=O)NCCCN1CCN(Cc2ccccc2)CC1. The number of amides is 2. The average Bonchev–Trinajstić information content (AvgIpc) is 2.65. The van der Waals surface area contributed by atoms with Crippen molar-refractivity contribution >= 4 is 49.0 Å². The van der Waals surface area contributed by atoms with Crippen LogP contribution in [0.5, 0.6) is 0 Å². The molecule has 0 spiro atoms. The van der Waals surface area contributed by atoms with Gasteiger partial charge in [0.05, 0.1) is 13.1 Å². The van der Waals surface area contributed by atoms with Crippen LogP contribution in [0, 0.1) is 0 Å². The van der Waals surface area contributed by atoms with Crippen LogP contribution in [0.25, 0.3) is 0 Å². The average molecular weight is 457 g/mol.